The molecule has 0 spiro atoms. The monoisotopic (exact) mass is 367 g/mol. The maximum Gasteiger partial charge on any atom is 0.259 e. The van der Waals surface area contributed by atoms with Crippen LogP contribution in [0, 0.1) is 12.7 Å². The van der Waals surface area contributed by atoms with Crippen LogP contribution < -0.4 is 0 Å². The highest BCUT2D eigenvalue weighted by atomic mass is 19.1. The molecule has 1 aromatic carbocycles. The zero-order valence-electron chi connectivity index (χ0n) is 15.5. The number of hydrogen-bond donors (Lipinski definition) is 0. The summed E-state index contributed by atoms with van der Waals surface area (Å²) < 4.78 is 18.6. The van der Waals surface area contributed by atoms with Crippen LogP contribution in [-0.4, -0.2) is 34.0 Å². The molecule has 1 saturated carbocycles. The third-order valence-electron chi connectivity index (χ3n) is 5.43. The number of benzene rings is 1. The molecule has 0 unspecified atom stereocenters. The summed E-state index contributed by atoms with van der Waals surface area (Å²) in [4.78, 5) is 19.6. The third-order valence-corrected chi connectivity index (χ3v) is 5.43. The Bertz CT molecular complexity index is 975. The second kappa shape index (κ2) is 7.10. The Balaban J connectivity index is 1.79. The van der Waals surface area contributed by atoms with Crippen molar-refractivity contribution in [1.82, 2.24) is 15.0 Å². The number of halogens is 1. The standard InChI is InChI=1S/C21H22FN3O2/c1-13-19-17(21(26)25(2)16-6-4-3-5-7-16)12-18(23-20(19)27-24-13)14-8-10-15(22)11-9-14/h8-12,16H,3-7H2,1-2H3. The molecule has 1 fully saturated rings. The minimum Gasteiger partial charge on any atom is -0.339 e. The number of aromatic nitrogens is 2. The minimum absolute atomic E-state index is 0.0519. The number of carbonyl (C=O) groups excluding carboxylic acids is 1. The van der Waals surface area contributed by atoms with Crippen LogP contribution in [-0.2, 0) is 0 Å². The minimum atomic E-state index is -0.316. The van der Waals surface area contributed by atoms with Crippen molar-refractivity contribution >= 4 is 17.0 Å². The zero-order valence-corrected chi connectivity index (χ0v) is 15.5. The molecule has 6 heteroatoms. The van der Waals surface area contributed by atoms with Crippen LogP contribution in [0.3, 0.4) is 0 Å². The molecule has 2 heterocycles. The van der Waals surface area contributed by atoms with Gasteiger partial charge in [-0.2, -0.15) is 0 Å². The molecule has 5 nitrogen and oxygen atoms in total. The van der Waals surface area contributed by atoms with Crippen molar-refractivity contribution in [3.63, 3.8) is 0 Å². The SMILES string of the molecule is Cc1noc2nc(-c3ccc(F)cc3)cc(C(=O)N(C)C3CCCCC3)c12. The topological polar surface area (TPSA) is 59.2 Å². The van der Waals surface area contributed by atoms with Gasteiger partial charge in [0.1, 0.15) is 5.82 Å². The van der Waals surface area contributed by atoms with Crippen LogP contribution >= 0.6 is 0 Å². The molecule has 0 N–H and O–H groups in total. The Morgan fingerprint density at radius 3 is 2.59 bits per heavy atom. The summed E-state index contributed by atoms with van der Waals surface area (Å²) in [6.45, 7) is 1.81. The van der Waals surface area contributed by atoms with E-state index in [4.69, 9.17) is 4.52 Å². The van der Waals surface area contributed by atoms with Gasteiger partial charge in [-0.3, -0.25) is 4.79 Å². The first-order valence-electron chi connectivity index (χ1n) is 9.34. The Morgan fingerprint density at radius 1 is 1.19 bits per heavy atom. The largest absolute Gasteiger partial charge is 0.339 e. The van der Waals surface area contributed by atoms with Gasteiger partial charge in [0.2, 0.25) is 0 Å². The van der Waals surface area contributed by atoms with Crippen LogP contribution in [0.15, 0.2) is 34.9 Å². The molecule has 0 radical (unpaired) electrons. The first-order valence-corrected chi connectivity index (χ1v) is 9.34. The summed E-state index contributed by atoms with van der Waals surface area (Å²) >= 11 is 0. The highest BCUT2D eigenvalue weighted by Gasteiger charge is 2.27. The number of hydrogen-bond acceptors (Lipinski definition) is 4. The van der Waals surface area contributed by atoms with E-state index in [9.17, 15) is 9.18 Å². The van der Waals surface area contributed by atoms with Gasteiger partial charge in [0, 0.05) is 18.7 Å². The third kappa shape index (κ3) is 3.31. The molecule has 2 aromatic heterocycles. The lowest BCUT2D eigenvalue weighted by Gasteiger charge is -2.31. The Morgan fingerprint density at radius 2 is 1.89 bits per heavy atom. The van der Waals surface area contributed by atoms with Gasteiger partial charge in [-0.15, -0.1) is 0 Å². The lowest BCUT2D eigenvalue weighted by atomic mass is 9.94. The molecule has 0 saturated heterocycles. The summed E-state index contributed by atoms with van der Waals surface area (Å²) in [5.74, 6) is -0.368. The van der Waals surface area contributed by atoms with Crippen molar-refractivity contribution in [2.24, 2.45) is 0 Å². The van der Waals surface area contributed by atoms with Gasteiger partial charge in [0.15, 0.2) is 0 Å². The molecule has 0 atom stereocenters. The van der Waals surface area contributed by atoms with Crippen molar-refractivity contribution in [3.05, 3.63) is 47.4 Å². The molecule has 0 bridgehead atoms. The van der Waals surface area contributed by atoms with Gasteiger partial charge in [-0.1, -0.05) is 24.4 Å². The molecular weight excluding hydrogens is 345 g/mol. The number of carbonyl (C=O) groups is 1. The maximum absolute atomic E-state index is 13.3. The molecule has 3 aromatic rings. The van der Waals surface area contributed by atoms with E-state index in [1.54, 1.807) is 18.2 Å². The summed E-state index contributed by atoms with van der Waals surface area (Å²) in [7, 11) is 1.87. The van der Waals surface area contributed by atoms with Crippen molar-refractivity contribution in [3.8, 4) is 11.3 Å². The quantitative estimate of drug-likeness (QED) is 0.671. The Labute approximate surface area is 157 Å². The normalized spacial score (nSPS) is 15.2. The van der Waals surface area contributed by atoms with Crippen LogP contribution in [0.1, 0.15) is 48.2 Å². The first-order chi connectivity index (χ1) is 13.0. The van der Waals surface area contributed by atoms with Gasteiger partial charge >= 0.3 is 0 Å². The van der Waals surface area contributed by atoms with Gasteiger partial charge < -0.3 is 9.42 Å². The molecular formula is C21H22FN3O2. The van der Waals surface area contributed by atoms with Crippen molar-refractivity contribution < 1.29 is 13.7 Å². The average molecular weight is 367 g/mol. The molecule has 140 valence electrons. The number of amides is 1. The second-order valence-electron chi connectivity index (χ2n) is 7.22. The van der Waals surface area contributed by atoms with Gasteiger partial charge in [0.25, 0.3) is 11.6 Å². The van der Waals surface area contributed by atoms with E-state index in [1.165, 1.54) is 18.6 Å². The fourth-order valence-corrected chi connectivity index (χ4v) is 3.86. The van der Waals surface area contributed by atoms with E-state index in [-0.39, 0.29) is 17.8 Å². The predicted molar refractivity (Wildman–Crippen MR) is 101 cm³/mol. The summed E-state index contributed by atoms with van der Waals surface area (Å²) in [5.41, 5.74) is 2.80. The summed E-state index contributed by atoms with van der Waals surface area (Å²) in [5, 5.41) is 4.64. The Kier molecular flexibility index (Phi) is 4.64. The summed E-state index contributed by atoms with van der Waals surface area (Å²) in [6.07, 6.45) is 5.60. The van der Waals surface area contributed by atoms with E-state index in [0.29, 0.717) is 28.1 Å². The summed E-state index contributed by atoms with van der Waals surface area (Å²) in [6, 6.07) is 8.06. The molecule has 1 aliphatic rings. The van der Waals surface area contributed by atoms with Crippen molar-refractivity contribution in [1.29, 1.82) is 0 Å². The van der Waals surface area contributed by atoms with Crippen LogP contribution in [0.25, 0.3) is 22.4 Å². The van der Waals surface area contributed by atoms with Gasteiger partial charge in [-0.25, -0.2) is 9.37 Å². The Hall–Kier alpha value is -2.76. The van der Waals surface area contributed by atoms with Crippen molar-refractivity contribution in [2.45, 2.75) is 45.1 Å². The number of aryl methyl sites for hydroxylation is 1. The maximum atomic E-state index is 13.3. The molecule has 1 amide bonds. The fraction of sp³-hybridized carbons (Fsp3) is 0.381. The number of pyridine rings is 1. The zero-order chi connectivity index (χ0) is 19.0. The van der Waals surface area contributed by atoms with E-state index < -0.39 is 0 Å². The molecule has 27 heavy (non-hydrogen) atoms. The molecule has 4 rings (SSSR count). The lowest BCUT2D eigenvalue weighted by molar-refractivity contribution is 0.0698. The van der Waals surface area contributed by atoms with E-state index in [0.717, 1.165) is 31.2 Å². The highest BCUT2D eigenvalue weighted by Crippen LogP contribution is 2.30. The first kappa shape index (κ1) is 17.6. The fourth-order valence-electron chi connectivity index (χ4n) is 3.86. The smallest absolute Gasteiger partial charge is 0.259 e. The number of fused-ring (bicyclic) bond motifs is 1. The van der Waals surface area contributed by atoms with Crippen LogP contribution in [0.5, 0.6) is 0 Å². The van der Waals surface area contributed by atoms with E-state index >= 15 is 0 Å². The van der Waals surface area contributed by atoms with E-state index in [2.05, 4.69) is 10.1 Å². The highest BCUT2D eigenvalue weighted by molar-refractivity contribution is 6.07. The molecule has 0 aliphatic heterocycles. The second-order valence-corrected chi connectivity index (χ2v) is 7.22. The van der Waals surface area contributed by atoms with E-state index in [1.807, 2.05) is 18.9 Å². The van der Waals surface area contributed by atoms with Gasteiger partial charge in [-0.05, 0) is 50.1 Å². The molecule has 1 aliphatic carbocycles. The van der Waals surface area contributed by atoms with Crippen molar-refractivity contribution in [2.75, 3.05) is 7.05 Å². The van der Waals surface area contributed by atoms with Crippen LogP contribution in [0.4, 0.5) is 4.39 Å². The predicted octanol–water partition coefficient (Wildman–Crippen LogP) is 4.74. The number of nitrogens with zero attached hydrogens (tertiary/aromatic N) is 3. The average Bonchev–Trinajstić information content (AvgIpc) is 3.08. The van der Waals surface area contributed by atoms with Gasteiger partial charge in [0.05, 0.1) is 22.3 Å². The van der Waals surface area contributed by atoms with Crippen LogP contribution in [0.2, 0.25) is 0 Å². The lowest BCUT2D eigenvalue weighted by Crippen LogP contribution is -2.38. The number of rotatable bonds is 3.